The molecule has 8 nitrogen and oxygen atoms in total. The smallest absolute Gasteiger partial charge is 0.303 e. The molecule has 0 bridgehead atoms. The summed E-state index contributed by atoms with van der Waals surface area (Å²) in [5.74, 6) is -0.253. The Morgan fingerprint density at radius 2 is 1.56 bits per heavy atom. The summed E-state index contributed by atoms with van der Waals surface area (Å²) in [5.41, 5.74) is 4.27. The molecule has 1 aliphatic heterocycles. The van der Waals surface area contributed by atoms with E-state index in [1.807, 2.05) is 13.8 Å². The van der Waals surface area contributed by atoms with Gasteiger partial charge in [-0.15, -0.1) is 0 Å². The number of aliphatic hydroxyl groups excluding tert-OH is 3. The molecule has 0 saturated carbocycles. The summed E-state index contributed by atoms with van der Waals surface area (Å²) in [6.45, 7) is 5.98. The summed E-state index contributed by atoms with van der Waals surface area (Å²) < 4.78 is 10.9. The lowest BCUT2D eigenvalue weighted by molar-refractivity contribution is -0.242. The second-order valence-electron chi connectivity index (χ2n) is 9.49. The fourth-order valence-electron chi connectivity index (χ4n) is 3.80. The minimum atomic E-state index is -1.39. The van der Waals surface area contributed by atoms with E-state index in [1.165, 1.54) is 17.2 Å². The van der Waals surface area contributed by atoms with Crippen LogP contribution >= 0.6 is 0 Å². The molecule has 0 aliphatic carbocycles. The largest absolute Gasteiger partial charge is 0.508 e. The second-order valence-corrected chi connectivity index (χ2v) is 9.49. The molecule has 8 heteroatoms. The van der Waals surface area contributed by atoms with Crippen LogP contribution in [0.5, 0.6) is 11.5 Å². The van der Waals surface area contributed by atoms with Crippen LogP contribution in [-0.2, 0) is 16.0 Å². The van der Waals surface area contributed by atoms with Crippen molar-refractivity contribution in [1.82, 2.24) is 0 Å². The molecule has 1 saturated heterocycles. The number of carbonyl (C=O) groups is 1. The van der Waals surface area contributed by atoms with Gasteiger partial charge in [0.15, 0.2) is 0 Å². The number of aromatic hydroxyl groups is 1. The van der Waals surface area contributed by atoms with Gasteiger partial charge in [0.05, 0.1) is 6.61 Å². The van der Waals surface area contributed by atoms with Gasteiger partial charge >= 0.3 is 5.97 Å². The van der Waals surface area contributed by atoms with Crippen LogP contribution in [0.4, 0.5) is 0 Å². The highest BCUT2D eigenvalue weighted by Gasteiger charge is 2.39. The number of benzene rings is 1. The van der Waals surface area contributed by atoms with E-state index in [4.69, 9.17) is 14.6 Å². The Hall–Kier alpha value is -2.65. The van der Waals surface area contributed by atoms with E-state index in [1.54, 1.807) is 12.1 Å². The number of phenols is 1. The first-order valence-corrected chi connectivity index (χ1v) is 12.4. The van der Waals surface area contributed by atoms with Crippen LogP contribution in [-0.4, -0.2) is 62.7 Å². The van der Waals surface area contributed by atoms with Gasteiger partial charge in [0.2, 0.25) is 6.29 Å². The van der Waals surface area contributed by atoms with Gasteiger partial charge in [-0.05, 0) is 77.5 Å². The Kier molecular flexibility index (Phi) is 12.2. The molecule has 0 spiro atoms. The zero-order chi connectivity index (χ0) is 26.7. The standard InChI is InChI=1S/C28H40O8/c1-18(7-5-9-20(3)11-15-25(31)32)6-4-8-19(2)10-12-21-16-22(13-14-23(21)29)36-28-27(34)26(33)24(30)17-35-28/h6,9-10,13-14,16,24,26-30,33-34H,4-5,7-8,11-12,15,17H2,1-3H3,(H,31,32)/b18-6+,19-10+,20-9+/t24-,26+,27-,28+/m1/s1. The molecule has 0 amide bonds. The summed E-state index contributed by atoms with van der Waals surface area (Å²) in [7, 11) is 0. The van der Waals surface area contributed by atoms with Crippen molar-refractivity contribution in [3.8, 4) is 11.5 Å². The molecule has 0 aromatic heterocycles. The highest BCUT2D eigenvalue weighted by Crippen LogP contribution is 2.27. The van der Waals surface area contributed by atoms with Crippen LogP contribution in [0.3, 0.4) is 0 Å². The molecule has 1 aromatic carbocycles. The van der Waals surface area contributed by atoms with Crippen molar-refractivity contribution in [3.63, 3.8) is 0 Å². The van der Waals surface area contributed by atoms with Gasteiger partial charge in [0.25, 0.3) is 0 Å². The van der Waals surface area contributed by atoms with E-state index in [-0.39, 0.29) is 18.8 Å². The van der Waals surface area contributed by atoms with Crippen molar-refractivity contribution in [1.29, 1.82) is 0 Å². The summed E-state index contributed by atoms with van der Waals surface area (Å²) in [5, 5.41) is 48.4. The number of allylic oxidation sites excluding steroid dienone is 6. The SMILES string of the molecule is C/C(=C\CC/C(C)=C/Cc1cc(O[C@@H]2OC[C@@H](O)[C@H](O)[C@H]2O)ccc1O)CC/C=C(\C)CCC(=O)O. The predicted molar refractivity (Wildman–Crippen MR) is 137 cm³/mol. The number of phenolic OH excluding ortho intramolecular Hbond substituents is 1. The number of carboxylic acids is 1. The highest BCUT2D eigenvalue weighted by molar-refractivity contribution is 5.67. The van der Waals surface area contributed by atoms with Crippen molar-refractivity contribution >= 4 is 5.97 Å². The minimum absolute atomic E-state index is 0.134. The minimum Gasteiger partial charge on any atom is -0.508 e. The normalized spacial score (nSPS) is 23.6. The summed E-state index contributed by atoms with van der Waals surface area (Å²) >= 11 is 0. The van der Waals surface area contributed by atoms with Crippen LogP contribution in [0.1, 0.15) is 64.9 Å². The molecule has 0 unspecified atom stereocenters. The maximum absolute atomic E-state index is 10.6. The number of aliphatic hydroxyl groups is 3. The molecule has 5 N–H and O–H groups in total. The van der Waals surface area contributed by atoms with Crippen molar-refractivity contribution in [2.24, 2.45) is 0 Å². The summed E-state index contributed by atoms with van der Waals surface area (Å²) in [6.07, 6.45) is 6.31. The zero-order valence-electron chi connectivity index (χ0n) is 21.4. The van der Waals surface area contributed by atoms with Gasteiger partial charge < -0.3 is 35.0 Å². The number of rotatable bonds is 13. The zero-order valence-corrected chi connectivity index (χ0v) is 21.4. The molecule has 200 valence electrons. The fraction of sp³-hybridized carbons (Fsp3) is 0.536. The molecule has 4 atom stereocenters. The van der Waals surface area contributed by atoms with Gasteiger partial charge in [0.1, 0.15) is 29.8 Å². The maximum Gasteiger partial charge on any atom is 0.303 e. The van der Waals surface area contributed by atoms with E-state index in [0.717, 1.165) is 31.3 Å². The molecular weight excluding hydrogens is 464 g/mol. The lowest BCUT2D eigenvalue weighted by Crippen LogP contribution is -2.54. The molecule has 1 heterocycles. The van der Waals surface area contributed by atoms with Crippen LogP contribution in [0.15, 0.2) is 53.1 Å². The first-order chi connectivity index (χ1) is 17.1. The third-order valence-electron chi connectivity index (χ3n) is 6.22. The van der Waals surface area contributed by atoms with E-state index in [9.17, 15) is 25.2 Å². The van der Waals surface area contributed by atoms with Crippen LogP contribution in [0.2, 0.25) is 0 Å². The first-order valence-electron chi connectivity index (χ1n) is 12.4. The number of hydrogen-bond donors (Lipinski definition) is 5. The van der Waals surface area contributed by atoms with Crippen molar-refractivity contribution in [2.75, 3.05) is 6.61 Å². The van der Waals surface area contributed by atoms with Crippen molar-refractivity contribution in [2.45, 2.75) is 90.3 Å². The van der Waals surface area contributed by atoms with Gasteiger partial charge in [-0.25, -0.2) is 0 Å². The van der Waals surface area contributed by atoms with Crippen LogP contribution in [0.25, 0.3) is 0 Å². The second kappa shape index (κ2) is 14.8. The first kappa shape index (κ1) is 29.6. The average Bonchev–Trinajstić information content (AvgIpc) is 2.83. The Balaban J connectivity index is 1.82. The number of aliphatic carboxylic acids is 1. The van der Waals surface area contributed by atoms with E-state index >= 15 is 0 Å². The van der Waals surface area contributed by atoms with Crippen molar-refractivity contribution < 1.29 is 39.8 Å². The average molecular weight is 505 g/mol. The third-order valence-corrected chi connectivity index (χ3v) is 6.22. The molecule has 2 rings (SSSR count). The molecule has 1 fully saturated rings. The summed E-state index contributed by atoms with van der Waals surface area (Å²) in [6, 6.07) is 4.74. The Bertz CT molecular complexity index is 949. The predicted octanol–water partition coefficient (Wildman–Crippen LogP) is 4.02. The quantitative estimate of drug-likeness (QED) is 0.254. The fourth-order valence-corrected chi connectivity index (χ4v) is 3.80. The highest BCUT2D eigenvalue weighted by atomic mass is 16.7. The molecular formula is C28H40O8. The van der Waals surface area contributed by atoms with Crippen LogP contribution < -0.4 is 4.74 Å². The third kappa shape index (κ3) is 10.1. The Labute approximate surface area is 213 Å². The van der Waals surface area contributed by atoms with E-state index < -0.39 is 30.6 Å². The molecule has 36 heavy (non-hydrogen) atoms. The van der Waals surface area contributed by atoms with E-state index in [0.29, 0.717) is 24.2 Å². The Morgan fingerprint density at radius 3 is 2.19 bits per heavy atom. The Morgan fingerprint density at radius 1 is 0.944 bits per heavy atom. The lowest BCUT2D eigenvalue weighted by Gasteiger charge is -2.35. The lowest BCUT2D eigenvalue weighted by atomic mass is 10.0. The van der Waals surface area contributed by atoms with Gasteiger partial charge in [-0.3, -0.25) is 4.79 Å². The van der Waals surface area contributed by atoms with E-state index in [2.05, 4.69) is 25.2 Å². The van der Waals surface area contributed by atoms with Gasteiger partial charge in [0, 0.05) is 12.0 Å². The molecule has 0 radical (unpaired) electrons. The number of hydrogen-bond acceptors (Lipinski definition) is 7. The summed E-state index contributed by atoms with van der Waals surface area (Å²) in [4.78, 5) is 10.6. The van der Waals surface area contributed by atoms with Crippen LogP contribution in [0, 0.1) is 0 Å². The van der Waals surface area contributed by atoms with Gasteiger partial charge in [-0.1, -0.05) is 34.9 Å². The molecule has 1 aromatic rings. The molecule has 1 aliphatic rings. The van der Waals surface area contributed by atoms with Crippen molar-refractivity contribution in [3.05, 3.63) is 58.7 Å². The monoisotopic (exact) mass is 504 g/mol. The number of ether oxygens (including phenoxy) is 2. The maximum atomic E-state index is 10.6. The van der Waals surface area contributed by atoms with Gasteiger partial charge in [-0.2, -0.15) is 0 Å². The topological polar surface area (TPSA) is 137 Å². The number of carboxylic acid groups (broad SMARTS) is 1.